The summed E-state index contributed by atoms with van der Waals surface area (Å²) in [5, 5.41) is 20.0. The first kappa shape index (κ1) is 18.2. The lowest BCUT2D eigenvalue weighted by Gasteiger charge is -2.21. The minimum Gasteiger partial charge on any atom is -0.395 e. The zero-order valence-corrected chi connectivity index (χ0v) is 15.9. The smallest absolute Gasteiger partial charge is 0.224 e. The number of aliphatic hydroxyl groups is 1. The molecule has 1 fully saturated rings. The predicted molar refractivity (Wildman–Crippen MR) is 103 cm³/mol. The van der Waals surface area contributed by atoms with Gasteiger partial charge in [0, 0.05) is 37.9 Å². The largest absolute Gasteiger partial charge is 0.395 e. The van der Waals surface area contributed by atoms with E-state index in [2.05, 4.69) is 36.4 Å². The molecule has 0 amide bonds. The second-order valence-electron chi connectivity index (χ2n) is 7.38. The predicted octanol–water partition coefficient (Wildman–Crippen LogP) is 1.62. The van der Waals surface area contributed by atoms with Gasteiger partial charge in [0.15, 0.2) is 0 Å². The van der Waals surface area contributed by atoms with Crippen LogP contribution in [0.25, 0.3) is 0 Å². The zero-order chi connectivity index (χ0) is 18.6. The molecular formula is C19H28N6O2. The van der Waals surface area contributed by atoms with Crippen molar-refractivity contribution in [2.75, 3.05) is 43.6 Å². The molecule has 8 heteroatoms. The van der Waals surface area contributed by atoms with Crippen molar-refractivity contribution in [3.05, 3.63) is 28.7 Å². The van der Waals surface area contributed by atoms with Crippen LogP contribution in [0.4, 0.5) is 11.8 Å². The number of H-pyrrole nitrogens is 1. The van der Waals surface area contributed by atoms with Gasteiger partial charge in [0.05, 0.1) is 31.1 Å². The monoisotopic (exact) mass is 372 g/mol. The lowest BCUT2D eigenvalue weighted by Crippen LogP contribution is -2.21. The molecule has 2 aromatic heterocycles. The molecule has 1 aliphatic carbocycles. The van der Waals surface area contributed by atoms with Crippen molar-refractivity contribution in [3.8, 4) is 0 Å². The highest BCUT2D eigenvalue weighted by Crippen LogP contribution is 2.28. The number of aliphatic hydroxyl groups excluding tert-OH is 1. The van der Waals surface area contributed by atoms with E-state index in [-0.39, 0.29) is 6.61 Å². The van der Waals surface area contributed by atoms with E-state index in [1.54, 1.807) is 0 Å². The summed E-state index contributed by atoms with van der Waals surface area (Å²) in [7, 11) is 2.04. The number of aromatic nitrogens is 4. The van der Waals surface area contributed by atoms with Gasteiger partial charge in [-0.3, -0.25) is 5.10 Å². The molecule has 0 saturated carbocycles. The topological polar surface area (TPSA) is 99.2 Å². The Labute approximate surface area is 159 Å². The van der Waals surface area contributed by atoms with Crippen molar-refractivity contribution in [1.29, 1.82) is 0 Å². The van der Waals surface area contributed by atoms with Crippen molar-refractivity contribution in [1.82, 2.24) is 20.2 Å². The van der Waals surface area contributed by atoms with Crippen LogP contribution in [-0.2, 0) is 24.1 Å². The number of anilines is 2. The summed E-state index contributed by atoms with van der Waals surface area (Å²) in [6.45, 7) is 2.67. The maximum absolute atomic E-state index is 9.11. The standard InChI is InChI=1S/C19H28N6O2/c1-25(11-17-14-4-2-3-5-15(14)23-24-17)18-10-16(13-6-9-27-12-13)21-19(22-18)20-7-8-26/h10,13,26H,2-9,11-12H2,1H3,(H,23,24)(H,20,21,22)/t13-/m1/s1. The molecule has 1 atom stereocenters. The maximum atomic E-state index is 9.11. The molecule has 0 aromatic carbocycles. The van der Waals surface area contributed by atoms with Crippen LogP contribution in [0.2, 0.25) is 0 Å². The summed E-state index contributed by atoms with van der Waals surface area (Å²) in [5.41, 5.74) is 4.78. The molecule has 0 spiro atoms. The second kappa shape index (κ2) is 8.22. The summed E-state index contributed by atoms with van der Waals surface area (Å²) in [6.07, 6.45) is 5.65. The Hall–Kier alpha value is -2.19. The molecule has 1 aliphatic heterocycles. The van der Waals surface area contributed by atoms with Gasteiger partial charge in [-0.2, -0.15) is 10.1 Å². The number of rotatable bonds is 7. The van der Waals surface area contributed by atoms with Gasteiger partial charge in [0.2, 0.25) is 5.95 Å². The third-order valence-electron chi connectivity index (χ3n) is 5.40. The minimum atomic E-state index is 0.0463. The summed E-state index contributed by atoms with van der Waals surface area (Å²) < 4.78 is 5.53. The molecule has 27 heavy (non-hydrogen) atoms. The Kier molecular flexibility index (Phi) is 5.54. The van der Waals surface area contributed by atoms with E-state index in [0.717, 1.165) is 43.1 Å². The SMILES string of the molecule is CN(Cc1n[nH]c2c1CCCC2)c1cc([C@@H]2CCOC2)nc(NCCO)n1. The molecule has 0 radical (unpaired) electrons. The van der Waals surface area contributed by atoms with E-state index in [1.807, 2.05) is 7.05 Å². The fraction of sp³-hybridized carbons (Fsp3) is 0.632. The molecule has 0 unspecified atom stereocenters. The van der Waals surface area contributed by atoms with E-state index in [9.17, 15) is 0 Å². The molecule has 2 aliphatic rings. The van der Waals surface area contributed by atoms with Crippen LogP contribution >= 0.6 is 0 Å². The molecule has 1 saturated heterocycles. The minimum absolute atomic E-state index is 0.0463. The lowest BCUT2D eigenvalue weighted by molar-refractivity contribution is 0.193. The Bertz CT molecular complexity index is 772. The van der Waals surface area contributed by atoms with Crippen LogP contribution in [0.5, 0.6) is 0 Å². The number of nitrogens with zero attached hydrogens (tertiary/aromatic N) is 4. The summed E-state index contributed by atoms with van der Waals surface area (Å²) in [6, 6.07) is 2.06. The van der Waals surface area contributed by atoms with Crippen LogP contribution < -0.4 is 10.2 Å². The fourth-order valence-corrected chi connectivity index (χ4v) is 3.86. The van der Waals surface area contributed by atoms with Crippen molar-refractivity contribution >= 4 is 11.8 Å². The summed E-state index contributed by atoms with van der Waals surface area (Å²) in [4.78, 5) is 11.4. The van der Waals surface area contributed by atoms with Crippen molar-refractivity contribution in [3.63, 3.8) is 0 Å². The van der Waals surface area contributed by atoms with E-state index in [4.69, 9.17) is 9.84 Å². The number of ether oxygens (including phenoxy) is 1. The summed E-state index contributed by atoms with van der Waals surface area (Å²) >= 11 is 0. The highest BCUT2D eigenvalue weighted by molar-refractivity contribution is 5.46. The summed E-state index contributed by atoms with van der Waals surface area (Å²) in [5.74, 6) is 1.72. The molecule has 2 aromatic rings. The molecule has 8 nitrogen and oxygen atoms in total. The molecule has 0 bridgehead atoms. The van der Waals surface area contributed by atoms with E-state index in [1.165, 1.54) is 24.1 Å². The number of aryl methyl sites for hydroxylation is 1. The number of nitrogens with one attached hydrogen (secondary N) is 2. The third kappa shape index (κ3) is 4.06. The quantitative estimate of drug-likeness (QED) is 0.679. The van der Waals surface area contributed by atoms with Crippen molar-refractivity contribution in [2.45, 2.75) is 44.6 Å². The first-order valence-electron chi connectivity index (χ1n) is 9.82. The highest BCUT2D eigenvalue weighted by atomic mass is 16.5. The number of hydrogen-bond donors (Lipinski definition) is 3. The van der Waals surface area contributed by atoms with Crippen LogP contribution in [0.1, 0.15) is 47.8 Å². The second-order valence-corrected chi connectivity index (χ2v) is 7.38. The van der Waals surface area contributed by atoms with Crippen molar-refractivity contribution in [2.24, 2.45) is 0 Å². The molecule has 146 valence electrons. The first-order chi connectivity index (χ1) is 13.2. The van der Waals surface area contributed by atoms with Gasteiger partial charge in [0.25, 0.3) is 0 Å². The molecule has 3 heterocycles. The van der Waals surface area contributed by atoms with Gasteiger partial charge in [-0.05, 0) is 37.7 Å². The van der Waals surface area contributed by atoms with Gasteiger partial charge in [-0.15, -0.1) is 0 Å². The molecular weight excluding hydrogens is 344 g/mol. The number of hydrogen-bond acceptors (Lipinski definition) is 7. The third-order valence-corrected chi connectivity index (χ3v) is 5.40. The van der Waals surface area contributed by atoms with Crippen molar-refractivity contribution < 1.29 is 9.84 Å². The normalized spacial score (nSPS) is 19.1. The highest BCUT2D eigenvalue weighted by Gasteiger charge is 2.23. The van der Waals surface area contributed by atoms with Crippen LogP contribution in [0.3, 0.4) is 0 Å². The van der Waals surface area contributed by atoms with Gasteiger partial charge in [0.1, 0.15) is 5.82 Å². The fourth-order valence-electron chi connectivity index (χ4n) is 3.86. The lowest BCUT2D eigenvalue weighted by atomic mass is 9.96. The average molecular weight is 372 g/mol. The Morgan fingerprint density at radius 1 is 1.33 bits per heavy atom. The zero-order valence-electron chi connectivity index (χ0n) is 15.9. The van der Waals surface area contributed by atoms with Gasteiger partial charge < -0.3 is 20.1 Å². The van der Waals surface area contributed by atoms with Gasteiger partial charge in [-0.1, -0.05) is 0 Å². The molecule has 4 rings (SSSR count). The first-order valence-corrected chi connectivity index (χ1v) is 9.82. The Morgan fingerprint density at radius 2 is 2.22 bits per heavy atom. The molecule has 3 N–H and O–H groups in total. The van der Waals surface area contributed by atoms with E-state index in [0.29, 0.717) is 31.6 Å². The van der Waals surface area contributed by atoms with E-state index < -0.39 is 0 Å². The Balaban J connectivity index is 1.57. The number of aromatic amines is 1. The Morgan fingerprint density at radius 3 is 3.04 bits per heavy atom. The maximum Gasteiger partial charge on any atom is 0.224 e. The van der Waals surface area contributed by atoms with Gasteiger partial charge in [-0.25, -0.2) is 4.98 Å². The van der Waals surface area contributed by atoms with Crippen LogP contribution in [-0.4, -0.2) is 58.7 Å². The van der Waals surface area contributed by atoms with Crippen LogP contribution in [0.15, 0.2) is 6.07 Å². The van der Waals surface area contributed by atoms with Crippen LogP contribution in [0, 0.1) is 0 Å². The average Bonchev–Trinajstić information content (AvgIpc) is 3.37. The van der Waals surface area contributed by atoms with Gasteiger partial charge >= 0.3 is 0 Å². The van der Waals surface area contributed by atoms with E-state index >= 15 is 0 Å². The number of fused-ring (bicyclic) bond motifs is 1.